The van der Waals surface area contributed by atoms with Crippen molar-refractivity contribution in [1.82, 2.24) is 0 Å². The number of rotatable bonds is 1. The molecule has 0 spiro atoms. The number of carbonyl (C=O) groups excluding carboxylic acids is 1. The molecular weight excluding hydrogens is 233 g/mol. The van der Waals surface area contributed by atoms with E-state index < -0.39 is 23.7 Å². The third kappa shape index (κ3) is 2.12. The van der Waals surface area contributed by atoms with Gasteiger partial charge in [-0.1, -0.05) is 12.1 Å². The summed E-state index contributed by atoms with van der Waals surface area (Å²) in [6, 6.07) is 4.33. The summed E-state index contributed by atoms with van der Waals surface area (Å²) in [6.45, 7) is 0.229. The highest BCUT2D eigenvalue weighted by Crippen LogP contribution is 2.37. The number of alkyl halides is 3. The molecule has 92 valence electrons. The first-order valence-corrected chi connectivity index (χ1v) is 5.14. The number of benzene rings is 1. The molecule has 3 nitrogen and oxygen atoms in total. The van der Waals surface area contributed by atoms with Gasteiger partial charge in [0.15, 0.2) is 0 Å². The van der Waals surface area contributed by atoms with Gasteiger partial charge in [-0.05, 0) is 18.6 Å². The van der Waals surface area contributed by atoms with Crippen molar-refractivity contribution in [2.45, 2.75) is 18.6 Å². The van der Waals surface area contributed by atoms with Gasteiger partial charge in [0.2, 0.25) is 5.91 Å². The van der Waals surface area contributed by atoms with Gasteiger partial charge in [0.05, 0.1) is 17.3 Å². The Labute approximate surface area is 96.0 Å². The Morgan fingerprint density at radius 1 is 1.29 bits per heavy atom. The van der Waals surface area contributed by atoms with E-state index in [9.17, 15) is 18.0 Å². The molecule has 0 bridgehead atoms. The minimum atomic E-state index is -4.47. The maximum atomic E-state index is 12.8. The van der Waals surface area contributed by atoms with Crippen LogP contribution in [-0.4, -0.2) is 18.5 Å². The summed E-state index contributed by atoms with van der Waals surface area (Å²) in [5.74, 6) is -0.457. The summed E-state index contributed by atoms with van der Waals surface area (Å²) in [5.41, 5.74) is 4.58. The van der Waals surface area contributed by atoms with Crippen molar-refractivity contribution in [2.75, 3.05) is 11.4 Å². The first-order valence-electron chi connectivity index (χ1n) is 5.14. The average Bonchev–Trinajstić information content (AvgIpc) is 2.59. The second-order valence-corrected chi connectivity index (χ2v) is 3.90. The Kier molecular flexibility index (Phi) is 2.82. The Morgan fingerprint density at radius 2 is 1.94 bits per heavy atom. The van der Waals surface area contributed by atoms with Gasteiger partial charge >= 0.3 is 6.18 Å². The molecule has 0 unspecified atom stereocenters. The zero-order valence-electron chi connectivity index (χ0n) is 8.87. The zero-order chi connectivity index (χ0) is 12.6. The second-order valence-electron chi connectivity index (χ2n) is 3.90. The Balaban J connectivity index is 2.43. The van der Waals surface area contributed by atoms with Gasteiger partial charge in [0.1, 0.15) is 0 Å². The molecule has 1 saturated heterocycles. The number of nitrogens with two attached hydrogens (primary N) is 1. The van der Waals surface area contributed by atoms with Gasteiger partial charge in [-0.15, -0.1) is 0 Å². The van der Waals surface area contributed by atoms with E-state index in [2.05, 4.69) is 0 Å². The van der Waals surface area contributed by atoms with Crippen LogP contribution in [0.5, 0.6) is 0 Å². The highest BCUT2D eigenvalue weighted by Gasteiger charge is 2.38. The third-order valence-corrected chi connectivity index (χ3v) is 2.75. The van der Waals surface area contributed by atoms with Crippen LogP contribution in [0.15, 0.2) is 24.3 Å². The van der Waals surface area contributed by atoms with E-state index in [1.54, 1.807) is 0 Å². The molecule has 1 aromatic carbocycles. The van der Waals surface area contributed by atoms with Gasteiger partial charge in [-0.3, -0.25) is 4.79 Å². The largest absolute Gasteiger partial charge is 0.418 e. The van der Waals surface area contributed by atoms with Crippen molar-refractivity contribution in [3.8, 4) is 0 Å². The lowest BCUT2D eigenvalue weighted by atomic mass is 10.1. The number of hydrogen-bond donors (Lipinski definition) is 1. The Morgan fingerprint density at radius 3 is 2.47 bits per heavy atom. The minimum absolute atomic E-state index is 0.113. The van der Waals surface area contributed by atoms with Crippen LogP contribution in [0, 0.1) is 0 Å². The van der Waals surface area contributed by atoms with E-state index in [-0.39, 0.29) is 12.2 Å². The minimum Gasteiger partial charge on any atom is -0.320 e. The highest BCUT2D eigenvalue weighted by atomic mass is 19.4. The summed E-state index contributed by atoms with van der Waals surface area (Å²) in [5, 5.41) is 0. The average molecular weight is 244 g/mol. The van der Waals surface area contributed by atoms with Crippen LogP contribution in [0.3, 0.4) is 0 Å². The molecule has 6 heteroatoms. The van der Waals surface area contributed by atoms with E-state index in [1.165, 1.54) is 18.2 Å². The fourth-order valence-electron chi connectivity index (χ4n) is 1.89. The lowest BCUT2D eigenvalue weighted by Crippen LogP contribution is -2.35. The molecule has 1 amide bonds. The lowest BCUT2D eigenvalue weighted by molar-refractivity contribution is -0.137. The standard InChI is InChI=1S/C11H11F3N2O/c12-11(13,14)7-3-1-2-4-9(7)16-6-5-8(15)10(16)17/h1-4,8H,5-6,15H2/t8-/m1/s1. The molecule has 0 saturated carbocycles. The van der Waals surface area contributed by atoms with E-state index in [4.69, 9.17) is 5.73 Å². The topological polar surface area (TPSA) is 46.3 Å². The SMILES string of the molecule is N[C@@H]1CCN(c2ccccc2C(F)(F)F)C1=O. The molecule has 1 aromatic rings. The van der Waals surface area contributed by atoms with Gasteiger partial charge < -0.3 is 10.6 Å². The van der Waals surface area contributed by atoms with Gasteiger partial charge in [0, 0.05) is 6.54 Å². The molecule has 1 aliphatic heterocycles. The summed E-state index contributed by atoms with van der Waals surface area (Å²) in [7, 11) is 0. The molecule has 2 N–H and O–H groups in total. The van der Waals surface area contributed by atoms with Crippen LogP contribution in [0.1, 0.15) is 12.0 Å². The summed E-state index contributed by atoms with van der Waals surface area (Å²) in [4.78, 5) is 12.7. The number of amides is 1. The number of carbonyl (C=O) groups is 1. The van der Waals surface area contributed by atoms with Crippen LogP contribution in [0.2, 0.25) is 0 Å². The smallest absolute Gasteiger partial charge is 0.320 e. The summed E-state index contributed by atoms with van der Waals surface area (Å²) in [6.07, 6.45) is -4.09. The predicted octanol–water partition coefficient (Wildman–Crippen LogP) is 1.77. The molecule has 2 rings (SSSR count). The maximum absolute atomic E-state index is 12.8. The highest BCUT2D eigenvalue weighted by molar-refractivity contribution is 5.99. The Bertz CT molecular complexity index is 445. The van der Waals surface area contributed by atoms with E-state index in [0.29, 0.717) is 6.42 Å². The summed E-state index contributed by atoms with van der Waals surface area (Å²) < 4.78 is 38.3. The zero-order valence-corrected chi connectivity index (χ0v) is 8.87. The maximum Gasteiger partial charge on any atom is 0.418 e. The van der Waals surface area contributed by atoms with E-state index >= 15 is 0 Å². The number of para-hydroxylation sites is 1. The number of halogens is 3. The monoisotopic (exact) mass is 244 g/mol. The molecule has 17 heavy (non-hydrogen) atoms. The molecule has 0 aliphatic carbocycles. The Hall–Kier alpha value is -1.56. The van der Waals surface area contributed by atoms with Crippen LogP contribution >= 0.6 is 0 Å². The van der Waals surface area contributed by atoms with Gasteiger partial charge in [-0.2, -0.15) is 13.2 Å². The first-order chi connectivity index (χ1) is 7.91. The van der Waals surface area contributed by atoms with Gasteiger partial charge in [-0.25, -0.2) is 0 Å². The van der Waals surface area contributed by atoms with Crippen molar-refractivity contribution in [3.05, 3.63) is 29.8 Å². The van der Waals surface area contributed by atoms with Crippen LogP contribution < -0.4 is 10.6 Å². The van der Waals surface area contributed by atoms with E-state index in [0.717, 1.165) is 11.0 Å². The van der Waals surface area contributed by atoms with Crippen molar-refractivity contribution in [3.63, 3.8) is 0 Å². The van der Waals surface area contributed by atoms with Crippen LogP contribution in [0.4, 0.5) is 18.9 Å². The molecular formula is C11H11F3N2O. The number of nitrogens with zero attached hydrogens (tertiary/aromatic N) is 1. The third-order valence-electron chi connectivity index (χ3n) is 2.75. The molecule has 1 aliphatic rings. The molecule has 1 atom stereocenters. The normalized spacial score (nSPS) is 21.1. The van der Waals surface area contributed by atoms with Crippen LogP contribution in [0.25, 0.3) is 0 Å². The predicted molar refractivity (Wildman–Crippen MR) is 56.4 cm³/mol. The lowest BCUT2D eigenvalue weighted by Gasteiger charge is -2.21. The van der Waals surface area contributed by atoms with E-state index in [1.807, 2.05) is 0 Å². The molecule has 0 radical (unpaired) electrons. The number of hydrogen-bond acceptors (Lipinski definition) is 2. The second kappa shape index (κ2) is 4.03. The number of anilines is 1. The van der Waals surface area contributed by atoms with Gasteiger partial charge in [0.25, 0.3) is 0 Å². The fraction of sp³-hybridized carbons (Fsp3) is 0.364. The first kappa shape index (κ1) is 11.9. The molecule has 1 heterocycles. The fourth-order valence-corrected chi connectivity index (χ4v) is 1.89. The van der Waals surface area contributed by atoms with Crippen molar-refractivity contribution < 1.29 is 18.0 Å². The molecule has 0 aromatic heterocycles. The quantitative estimate of drug-likeness (QED) is 0.818. The molecule has 1 fully saturated rings. The summed E-state index contributed by atoms with van der Waals surface area (Å²) >= 11 is 0. The van der Waals surface area contributed by atoms with Crippen molar-refractivity contribution in [2.24, 2.45) is 5.73 Å². The van der Waals surface area contributed by atoms with Crippen molar-refractivity contribution >= 4 is 11.6 Å². The van der Waals surface area contributed by atoms with Crippen LogP contribution in [-0.2, 0) is 11.0 Å². The van der Waals surface area contributed by atoms with Crippen molar-refractivity contribution in [1.29, 1.82) is 0 Å².